The third-order valence-electron chi connectivity index (χ3n) is 3.46. The van der Waals surface area contributed by atoms with Crippen LogP contribution in [0.1, 0.15) is 5.56 Å². The van der Waals surface area contributed by atoms with E-state index in [9.17, 15) is 14.7 Å². The van der Waals surface area contributed by atoms with E-state index in [1.54, 1.807) is 36.4 Å². The second kappa shape index (κ2) is 7.11. The lowest BCUT2D eigenvalue weighted by Crippen LogP contribution is -2.27. The second-order valence-electron chi connectivity index (χ2n) is 5.04. The lowest BCUT2D eigenvalue weighted by Gasteiger charge is -2.12. The van der Waals surface area contributed by atoms with Crippen LogP contribution in [0.2, 0.25) is 5.02 Å². The van der Waals surface area contributed by atoms with Crippen molar-refractivity contribution in [1.29, 1.82) is 0 Å². The topological polar surface area (TPSA) is 66.8 Å². The van der Waals surface area contributed by atoms with Crippen molar-refractivity contribution in [2.75, 3.05) is 12.0 Å². The summed E-state index contributed by atoms with van der Waals surface area (Å²) in [7, 11) is 1.43. The van der Waals surface area contributed by atoms with Crippen molar-refractivity contribution in [2.45, 2.75) is 0 Å². The fourth-order valence-electron chi connectivity index (χ4n) is 2.25. The van der Waals surface area contributed by atoms with Gasteiger partial charge in [0.05, 0.1) is 17.7 Å². The van der Waals surface area contributed by atoms with Gasteiger partial charge in [-0.15, -0.1) is 0 Å². The van der Waals surface area contributed by atoms with Crippen LogP contribution < -0.4 is 9.64 Å². The molecule has 0 atom stereocenters. The Kier molecular flexibility index (Phi) is 5.08. The molecule has 0 bridgehead atoms. The number of methoxy groups -OCH3 is 1. The zero-order valence-electron chi connectivity index (χ0n) is 12.8. The van der Waals surface area contributed by atoms with E-state index in [0.29, 0.717) is 20.7 Å². The first-order chi connectivity index (χ1) is 11.9. The molecule has 0 radical (unpaired) electrons. The van der Waals surface area contributed by atoms with Crippen LogP contribution >= 0.6 is 39.3 Å². The number of imide groups is 1. The van der Waals surface area contributed by atoms with E-state index in [2.05, 4.69) is 15.9 Å². The van der Waals surface area contributed by atoms with E-state index >= 15 is 0 Å². The Morgan fingerprint density at radius 1 is 1.24 bits per heavy atom. The van der Waals surface area contributed by atoms with Crippen LogP contribution in [0.25, 0.3) is 6.08 Å². The molecule has 0 saturated carbocycles. The third kappa shape index (κ3) is 3.53. The highest BCUT2D eigenvalue weighted by Gasteiger charge is 2.36. The molecule has 1 fully saturated rings. The molecular formula is C17H11BrClNO4S. The zero-order valence-corrected chi connectivity index (χ0v) is 16.0. The molecule has 128 valence electrons. The van der Waals surface area contributed by atoms with Gasteiger partial charge in [-0.2, -0.15) is 0 Å². The molecular weight excluding hydrogens is 430 g/mol. The Hall–Kier alpha value is -1.96. The number of carbonyl (C=O) groups excluding carboxylic acids is 2. The van der Waals surface area contributed by atoms with Gasteiger partial charge in [-0.1, -0.05) is 27.5 Å². The number of aromatic hydroxyl groups is 1. The summed E-state index contributed by atoms with van der Waals surface area (Å²) < 4.78 is 5.65. The number of nitrogens with zero attached hydrogens (tertiary/aromatic N) is 1. The van der Waals surface area contributed by atoms with Crippen LogP contribution in [0.3, 0.4) is 0 Å². The van der Waals surface area contributed by atoms with E-state index in [0.717, 1.165) is 16.7 Å². The van der Waals surface area contributed by atoms with Gasteiger partial charge in [0.15, 0.2) is 11.5 Å². The van der Waals surface area contributed by atoms with Gasteiger partial charge in [-0.3, -0.25) is 9.59 Å². The molecule has 1 aliphatic heterocycles. The van der Waals surface area contributed by atoms with Gasteiger partial charge in [0.2, 0.25) is 0 Å². The van der Waals surface area contributed by atoms with Crippen molar-refractivity contribution in [3.05, 3.63) is 56.4 Å². The number of phenols is 1. The number of halogens is 2. The number of rotatable bonds is 3. The fraction of sp³-hybridized carbons (Fsp3) is 0.0588. The largest absolute Gasteiger partial charge is 0.504 e. The van der Waals surface area contributed by atoms with E-state index in [1.165, 1.54) is 13.2 Å². The lowest BCUT2D eigenvalue weighted by molar-refractivity contribution is -0.113. The van der Waals surface area contributed by atoms with Crippen LogP contribution in [0.15, 0.2) is 45.8 Å². The van der Waals surface area contributed by atoms with Crippen LogP contribution in [-0.4, -0.2) is 23.4 Å². The van der Waals surface area contributed by atoms with Crippen molar-refractivity contribution < 1.29 is 19.4 Å². The van der Waals surface area contributed by atoms with Gasteiger partial charge in [-0.05, 0) is 59.8 Å². The minimum Gasteiger partial charge on any atom is -0.504 e. The average Bonchev–Trinajstić information content (AvgIpc) is 2.85. The summed E-state index contributed by atoms with van der Waals surface area (Å²) in [6, 6.07) is 9.50. The third-order valence-corrected chi connectivity index (χ3v) is 5.27. The van der Waals surface area contributed by atoms with E-state index < -0.39 is 5.91 Å². The van der Waals surface area contributed by atoms with Crippen LogP contribution in [0.5, 0.6) is 11.5 Å². The summed E-state index contributed by atoms with van der Waals surface area (Å²) in [6.07, 6.45) is 1.58. The van der Waals surface area contributed by atoms with Crippen molar-refractivity contribution >= 4 is 62.2 Å². The number of hydrogen-bond acceptors (Lipinski definition) is 5. The van der Waals surface area contributed by atoms with Crippen LogP contribution in [0.4, 0.5) is 10.5 Å². The van der Waals surface area contributed by atoms with Gasteiger partial charge in [-0.25, -0.2) is 4.90 Å². The van der Waals surface area contributed by atoms with Crippen molar-refractivity contribution in [1.82, 2.24) is 0 Å². The highest BCUT2D eigenvalue weighted by molar-refractivity contribution is 9.10. The second-order valence-corrected chi connectivity index (χ2v) is 7.32. The number of benzene rings is 2. The summed E-state index contributed by atoms with van der Waals surface area (Å²) in [5.74, 6) is -0.177. The molecule has 0 aliphatic carbocycles. The Labute approximate surface area is 161 Å². The molecule has 25 heavy (non-hydrogen) atoms. The predicted molar refractivity (Wildman–Crippen MR) is 102 cm³/mol. The monoisotopic (exact) mass is 439 g/mol. The van der Waals surface area contributed by atoms with Crippen molar-refractivity contribution in [2.24, 2.45) is 0 Å². The molecule has 5 nitrogen and oxygen atoms in total. The zero-order chi connectivity index (χ0) is 18.1. The van der Waals surface area contributed by atoms with Gasteiger partial charge in [0.1, 0.15) is 0 Å². The molecule has 8 heteroatoms. The molecule has 3 rings (SSSR count). The number of anilines is 1. The molecule has 1 N–H and O–H groups in total. The Morgan fingerprint density at radius 2 is 1.92 bits per heavy atom. The number of thioether (sulfide) groups is 1. The highest BCUT2D eigenvalue weighted by Crippen LogP contribution is 2.39. The summed E-state index contributed by atoms with van der Waals surface area (Å²) in [4.78, 5) is 26.2. The van der Waals surface area contributed by atoms with Gasteiger partial charge in [0, 0.05) is 9.50 Å². The first kappa shape index (κ1) is 17.8. The smallest absolute Gasteiger partial charge is 0.298 e. The first-order valence-electron chi connectivity index (χ1n) is 7.00. The predicted octanol–water partition coefficient (Wildman–Crippen LogP) is 5.06. The van der Waals surface area contributed by atoms with Crippen molar-refractivity contribution in [3.63, 3.8) is 0 Å². The highest BCUT2D eigenvalue weighted by atomic mass is 79.9. The molecule has 2 aromatic carbocycles. The standard InChI is InChI=1S/C17H11BrClNO4S/c1-24-14-6-9(12(18)8-13(14)21)7-15-16(22)20(17(23)25-15)11-4-2-10(19)3-5-11/h2-8,21H,1H3/b15-7-. The number of carbonyl (C=O) groups is 2. The summed E-state index contributed by atoms with van der Waals surface area (Å²) >= 11 is 10.0. The molecule has 2 aromatic rings. The quantitative estimate of drug-likeness (QED) is 0.676. The maximum Gasteiger partial charge on any atom is 0.298 e. The minimum absolute atomic E-state index is 0.0270. The van der Waals surface area contributed by atoms with E-state index in [-0.39, 0.29) is 21.6 Å². The van der Waals surface area contributed by atoms with Crippen LogP contribution in [-0.2, 0) is 4.79 Å². The normalized spacial score (nSPS) is 16.0. The summed E-state index contributed by atoms with van der Waals surface area (Å²) in [6.45, 7) is 0. The number of phenolic OH excluding ortho intramolecular Hbond substituents is 1. The number of ether oxygens (including phenoxy) is 1. The Bertz CT molecular complexity index is 898. The SMILES string of the molecule is COc1cc(/C=C2\SC(=O)N(c3ccc(Cl)cc3)C2=O)c(Br)cc1O. The van der Waals surface area contributed by atoms with E-state index in [1.807, 2.05) is 0 Å². The molecule has 2 amide bonds. The molecule has 1 aliphatic rings. The molecule has 1 saturated heterocycles. The molecule has 1 heterocycles. The van der Waals surface area contributed by atoms with Gasteiger partial charge in [0.25, 0.3) is 11.1 Å². The Morgan fingerprint density at radius 3 is 2.56 bits per heavy atom. The molecule has 0 aromatic heterocycles. The molecule has 0 spiro atoms. The summed E-state index contributed by atoms with van der Waals surface area (Å²) in [5, 5.41) is 9.89. The van der Waals surface area contributed by atoms with E-state index in [4.69, 9.17) is 16.3 Å². The number of amides is 2. The molecule has 0 unspecified atom stereocenters. The number of hydrogen-bond donors (Lipinski definition) is 1. The average molecular weight is 441 g/mol. The van der Waals surface area contributed by atoms with Gasteiger partial charge < -0.3 is 9.84 Å². The maximum absolute atomic E-state index is 12.6. The maximum atomic E-state index is 12.6. The van der Waals surface area contributed by atoms with Crippen LogP contribution in [0, 0.1) is 0 Å². The van der Waals surface area contributed by atoms with Gasteiger partial charge >= 0.3 is 0 Å². The first-order valence-corrected chi connectivity index (χ1v) is 8.99. The lowest BCUT2D eigenvalue weighted by atomic mass is 10.2. The summed E-state index contributed by atoms with van der Waals surface area (Å²) in [5.41, 5.74) is 1.06. The fourth-order valence-corrected chi connectivity index (χ4v) is 3.66. The Balaban J connectivity index is 1.97. The van der Waals surface area contributed by atoms with Crippen molar-refractivity contribution in [3.8, 4) is 11.5 Å². The minimum atomic E-state index is -0.420.